The van der Waals surface area contributed by atoms with Crippen LogP contribution in [-0.2, 0) is 5.41 Å². The smallest absolute Gasteiger partial charge is 0.119 e. The van der Waals surface area contributed by atoms with Crippen molar-refractivity contribution in [2.75, 3.05) is 11.9 Å². The highest BCUT2D eigenvalue weighted by Gasteiger charge is 2.22. The third-order valence-corrected chi connectivity index (χ3v) is 9.25. The summed E-state index contributed by atoms with van der Waals surface area (Å²) in [6, 6.07) is 48.1. The van der Waals surface area contributed by atoms with Crippen molar-refractivity contribution in [3.05, 3.63) is 139 Å². The van der Waals surface area contributed by atoms with Crippen LogP contribution in [0.1, 0.15) is 46.1 Å². The van der Waals surface area contributed by atoms with E-state index in [2.05, 4.69) is 147 Å². The van der Waals surface area contributed by atoms with Gasteiger partial charge in [-0.2, -0.15) is 0 Å². The minimum atomic E-state index is 0.228. The molecule has 6 aromatic carbocycles. The van der Waals surface area contributed by atoms with E-state index in [4.69, 9.17) is 4.74 Å². The van der Waals surface area contributed by atoms with Crippen molar-refractivity contribution in [3.63, 3.8) is 0 Å². The van der Waals surface area contributed by atoms with Crippen molar-refractivity contribution >= 4 is 22.1 Å². The highest BCUT2D eigenvalue weighted by Crippen LogP contribution is 2.38. The Bertz CT molecular complexity index is 1830. The number of hydrogen-bond donors (Lipinski definition) is 1. The molecule has 0 atom stereocenters. The van der Waals surface area contributed by atoms with Gasteiger partial charge in [-0.1, -0.05) is 118 Å². The Morgan fingerprint density at radius 2 is 0.932 bits per heavy atom. The second-order valence-corrected chi connectivity index (χ2v) is 11.8. The van der Waals surface area contributed by atoms with Gasteiger partial charge >= 0.3 is 0 Å². The molecule has 0 unspecified atom stereocenters. The molecule has 220 valence electrons. The lowest BCUT2D eigenvalue weighted by Crippen LogP contribution is -2.19. The third-order valence-electron chi connectivity index (χ3n) is 9.25. The Morgan fingerprint density at radius 1 is 0.500 bits per heavy atom. The first-order chi connectivity index (χ1) is 21.5. The predicted octanol–water partition coefficient (Wildman–Crippen LogP) is 12.1. The van der Waals surface area contributed by atoms with E-state index in [1.165, 1.54) is 49.7 Å². The molecular weight excluding hydrogens is 534 g/mol. The SMILES string of the molecule is CCOc1ccc(-c2ccc(Nc3ccc(-c4ccc(-c5ccc(C(C)(CC)CC)cc5)c5ccccc45)cc3)cc2)cc1. The van der Waals surface area contributed by atoms with Crippen molar-refractivity contribution < 1.29 is 4.74 Å². The standard InChI is InChI=1S/C42H41NO/c1-5-42(4,6-2)34-20-12-32(13-21-34)38-28-29-39(41-11-9-8-10-40(38)41)33-16-24-36(25-17-33)43-35-22-14-30(15-23-35)31-18-26-37(27-19-31)44-7-3/h8-29,43H,5-7H2,1-4H3. The van der Waals surface area contributed by atoms with Crippen LogP contribution in [0.3, 0.4) is 0 Å². The molecule has 0 spiro atoms. The number of anilines is 2. The van der Waals surface area contributed by atoms with Gasteiger partial charge in [-0.25, -0.2) is 0 Å². The maximum Gasteiger partial charge on any atom is 0.119 e. The summed E-state index contributed by atoms with van der Waals surface area (Å²) >= 11 is 0. The van der Waals surface area contributed by atoms with Crippen LogP contribution < -0.4 is 10.1 Å². The molecule has 0 radical (unpaired) electrons. The van der Waals surface area contributed by atoms with E-state index in [9.17, 15) is 0 Å². The summed E-state index contributed by atoms with van der Waals surface area (Å²) in [5, 5.41) is 6.11. The minimum absolute atomic E-state index is 0.228. The first kappa shape index (κ1) is 29.3. The zero-order chi connectivity index (χ0) is 30.5. The van der Waals surface area contributed by atoms with E-state index in [0.29, 0.717) is 6.61 Å². The molecule has 6 aromatic rings. The normalized spacial score (nSPS) is 11.5. The molecule has 2 nitrogen and oxygen atoms in total. The highest BCUT2D eigenvalue weighted by molar-refractivity contribution is 6.05. The zero-order valence-corrected chi connectivity index (χ0v) is 26.2. The number of benzene rings is 6. The van der Waals surface area contributed by atoms with E-state index in [-0.39, 0.29) is 5.41 Å². The Labute approximate surface area is 262 Å². The lowest BCUT2D eigenvalue weighted by molar-refractivity contribution is 0.340. The van der Waals surface area contributed by atoms with Gasteiger partial charge in [-0.05, 0) is 111 Å². The Morgan fingerprint density at radius 3 is 1.39 bits per heavy atom. The average Bonchev–Trinajstić information content (AvgIpc) is 3.09. The van der Waals surface area contributed by atoms with Crippen LogP contribution in [0, 0.1) is 0 Å². The summed E-state index contributed by atoms with van der Waals surface area (Å²) < 4.78 is 5.57. The molecule has 0 aliphatic rings. The highest BCUT2D eigenvalue weighted by atomic mass is 16.5. The predicted molar refractivity (Wildman–Crippen MR) is 189 cm³/mol. The number of rotatable bonds is 10. The molecule has 0 amide bonds. The van der Waals surface area contributed by atoms with Gasteiger partial charge in [-0.15, -0.1) is 0 Å². The molecule has 0 saturated carbocycles. The van der Waals surface area contributed by atoms with Crippen LogP contribution in [0.2, 0.25) is 0 Å². The molecule has 1 N–H and O–H groups in total. The fraction of sp³-hybridized carbons (Fsp3) is 0.190. The summed E-state index contributed by atoms with van der Waals surface area (Å²) in [5.74, 6) is 0.901. The maximum absolute atomic E-state index is 5.57. The van der Waals surface area contributed by atoms with Gasteiger partial charge in [0.05, 0.1) is 6.61 Å². The molecule has 6 rings (SSSR count). The third kappa shape index (κ3) is 5.98. The van der Waals surface area contributed by atoms with Crippen LogP contribution in [0.25, 0.3) is 44.2 Å². The molecule has 0 fully saturated rings. The van der Waals surface area contributed by atoms with Gasteiger partial charge in [-0.3, -0.25) is 0 Å². The fourth-order valence-electron chi connectivity index (χ4n) is 6.07. The van der Waals surface area contributed by atoms with E-state index >= 15 is 0 Å². The van der Waals surface area contributed by atoms with Crippen LogP contribution in [-0.4, -0.2) is 6.61 Å². The molecular formula is C42H41NO. The molecule has 2 heteroatoms. The molecule has 44 heavy (non-hydrogen) atoms. The first-order valence-electron chi connectivity index (χ1n) is 15.8. The largest absolute Gasteiger partial charge is 0.494 e. The molecule has 0 bridgehead atoms. The van der Waals surface area contributed by atoms with Crippen molar-refractivity contribution in [1.82, 2.24) is 0 Å². The fourth-order valence-corrected chi connectivity index (χ4v) is 6.07. The molecule has 0 aliphatic heterocycles. The van der Waals surface area contributed by atoms with Crippen molar-refractivity contribution in [2.45, 2.75) is 46.0 Å². The second kappa shape index (κ2) is 12.8. The molecule has 0 aromatic heterocycles. The lowest BCUT2D eigenvalue weighted by Gasteiger charge is -2.27. The number of fused-ring (bicyclic) bond motifs is 1. The Hall–Kier alpha value is -4.82. The minimum Gasteiger partial charge on any atom is -0.494 e. The van der Waals surface area contributed by atoms with E-state index in [0.717, 1.165) is 30.0 Å². The maximum atomic E-state index is 5.57. The van der Waals surface area contributed by atoms with Gasteiger partial charge in [0.1, 0.15) is 5.75 Å². The van der Waals surface area contributed by atoms with Crippen molar-refractivity contribution in [2.24, 2.45) is 0 Å². The first-order valence-corrected chi connectivity index (χ1v) is 15.8. The van der Waals surface area contributed by atoms with E-state index in [1.807, 2.05) is 19.1 Å². The van der Waals surface area contributed by atoms with Gasteiger partial charge in [0.15, 0.2) is 0 Å². The summed E-state index contributed by atoms with van der Waals surface area (Å²) in [5.41, 5.74) is 11.1. The van der Waals surface area contributed by atoms with E-state index < -0.39 is 0 Å². The van der Waals surface area contributed by atoms with Crippen LogP contribution in [0.5, 0.6) is 5.75 Å². The summed E-state index contributed by atoms with van der Waals surface area (Å²) in [6.07, 6.45) is 2.29. The van der Waals surface area contributed by atoms with E-state index in [1.54, 1.807) is 0 Å². The summed E-state index contributed by atoms with van der Waals surface area (Å²) in [4.78, 5) is 0. The van der Waals surface area contributed by atoms with Crippen molar-refractivity contribution in [3.8, 4) is 39.1 Å². The monoisotopic (exact) mass is 575 g/mol. The Kier molecular flexibility index (Phi) is 8.52. The van der Waals surface area contributed by atoms with Crippen LogP contribution in [0.4, 0.5) is 11.4 Å². The van der Waals surface area contributed by atoms with Crippen LogP contribution in [0.15, 0.2) is 133 Å². The van der Waals surface area contributed by atoms with Gasteiger partial charge in [0.25, 0.3) is 0 Å². The average molecular weight is 576 g/mol. The number of ether oxygens (including phenoxy) is 1. The quantitative estimate of drug-likeness (QED) is 0.175. The number of nitrogens with one attached hydrogen (secondary N) is 1. The van der Waals surface area contributed by atoms with Crippen LogP contribution >= 0.6 is 0 Å². The van der Waals surface area contributed by atoms with Gasteiger partial charge < -0.3 is 10.1 Å². The van der Waals surface area contributed by atoms with Crippen molar-refractivity contribution in [1.29, 1.82) is 0 Å². The Balaban J connectivity index is 1.21. The van der Waals surface area contributed by atoms with Gasteiger partial charge in [0, 0.05) is 11.4 Å². The lowest BCUT2D eigenvalue weighted by atomic mass is 9.77. The summed E-state index contributed by atoms with van der Waals surface area (Å²) in [7, 11) is 0. The molecule has 0 saturated heterocycles. The number of hydrogen-bond acceptors (Lipinski definition) is 2. The molecule has 0 heterocycles. The topological polar surface area (TPSA) is 21.3 Å². The second-order valence-electron chi connectivity index (χ2n) is 11.8. The van der Waals surface area contributed by atoms with Gasteiger partial charge in [0.2, 0.25) is 0 Å². The zero-order valence-electron chi connectivity index (χ0n) is 26.2. The molecule has 0 aliphatic carbocycles. The summed E-state index contributed by atoms with van der Waals surface area (Å²) in [6.45, 7) is 9.62.